The third-order valence-corrected chi connectivity index (χ3v) is 6.14. The Labute approximate surface area is 170 Å². The Morgan fingerprint density at radius 1 is 0.964 bits per heavy atom. The molecule has 0 spiro atoms. The predicted molar refractivity (Wildman–Crippen MR) is 115 cm³/mol. The minimum atomic E-state index is -1.52. The van der Waals surface area contributed by atoms with Crippen molar-refractivity contribution >= 4 is 28.3 Å². The summed E-state index contributed by atoms with van der Waals surface area (Å²) in [5.74, 6) is -0.902. The van der Waals surface area contributed by atoms with Gasteiger partial charge in [0.1, 0.15) is 11.5 Å². The number of hydrogen-bond donors (Lipinski definition) is 2. The molecular weight excluding hydrogens is 374 g/mol. The van der Waals surface area contributed by atoms with Gasteiger partial charge in [0.25, 0.3) is 0 Å². The van der Waals surface area contributed by atoms with E-state index in [-0.39, 0.29) is 23.3 Å². The van der Waals surface area contributed by atoms with Gasteiger partial charge in [0.05, 0.1) is 0 Å². The van der Waals surface area contributed by atoms with Crippen molar-refractivity contribution in [3.63, 3.8) is 0 Å². The van der Waals surface area contributed by atoms with E-state index in [1.54, 1.807) is 0 Å². The van der Waals surface area contributed by atoms with Crippen molar-refractivity contribution in [2.24, 2.45) is 0 Å². The second kappa shape index (κ2) is 11.3. The zero-order valence-electron chi connectivity index (χ0n) is 17.3. The summed E-state index contributed by atoms with van der Waals surface area (Å²) in [5, 5.41) is 5.65. The number of nitrogens with one attached hydrogen (secondary N) is 2. The number of likely N-dealkylation sites (tertiary alicyclic amines) is 1. The van der Waals surface area contributed by atoms with E-state index in [1.165, 1.54) is 25.7 Å². The van der Waals surface area contributed by atoms with Gasteiger partial charge in [0, 0.05) is 29.6 Å². The second-order valence-corrected chi connectivity index (χ2v) is 9.11. The van der Waals surface area contributed by atoms with Crippen LogP contribution in [-0.2, 0) is 20.4 Å². The topological polar surface area (TPSA) is 78.5 Å². The number of nitrogens with zero attached hydrogens (tertiary/aromatic N) is 1. The van der Waals surface area contributed by atoms with Gasteiger partial charge in [-0.2, -0.15) is 0 Å². The van der Waals surface area contributed by atoms with Crippen LogP contribution in [0.2, 0.25) is 0 Å². The Bertz CT molecular complexity index is 690. The molecular formula is C21H33N3O3S. The molecule has 2 rings (SSSR count). The SMILES string of the molecule is Cc1cc(C)c(NC(=O)C[S@](=O)CC(=O)NCCN2CCCCCC2)c(C)c1. The zero-order chi connectivity index (χ0) is 20.5. The average Bonchev–Trinajstić information content (AvgIpc) is 2.86. The van der Waals surface area contributed by atoms with E-state index in [4.69, 9.17) is 0 Å². The molecule has 0 aromatic heterocycles. The maximum Gasteiger partial charge on any atom is 0.237 e. The lowest BCUT2D eigenvalue weighted by atomic mass is 10.1. The highest BCUT2D eigenvalue weighted by Gasteiger charge is 2.15. The normalized spacial score (nSPS) is 16.2. The molecule has 1 aromatic carbocycles. The van der Waals surface area contributed by atoms with Gasteiger partial charge in [0.2, 0.25) is 11.8 Å². The summed E-state index contributed by atoms with van der Waals surface area (Å²) < 4.78 is 12.2. The van der Waals surface area contributed by atoms with Crippen LogP contribution in [0.5, 0.6) is 0 Å². The van der Waals surface area contributed by atoms with E-state index in [2.05, 4.69) is 15.5 Å². The lowest BCUT2D eigenvalue weighted by molar-refractivity contribution is -0.118. The first-order chi connectivity index (χ1) is 13.3. The molecule has 1 fully saturated rings. The number of aryl methyl sites for hydroxylation is 3. The van der Waals surface area contributed by atoms with Crippen molar-refractivity contribution in [2.75, 3.05) is 43.0 Å². The van der Waals surface area contributed by atoms with Gasteiger partial charge >= 0.3 is 0 Å². The highest BCUT2D eigenvalue weighted by molar-refractivity contribution is 7.86. The number of rotatable bonds is 8. The van der Waals surface area contributed by atoms with Crippen LogP contribution in [0.1, 0.15) is 42.4 Å². The number of carbonyl (C=O) groups is 2. The Morgan fingerprint density at radius 3 is 2.14 bits per heavy atom. The van der Waals surface area contributed by atoms with Crippen LogP contribution >= 0.6 is 0 Å². The van der Waals surface area contributed by atoms with Crippen molar-refractivity contribution in [2.45, 2.75) is 46.5 Å². The van der Waals surface area contributed by atoms with E-state index in [9.17, 15) is 13.8 Å². The average molecular weight is 408 g/mol. The molecule has 6 nitrogen and oxygen atoms in total. The van der Waals surface area contributed by atoms with Crippen LogP contribution < -0.4 is 10.6 Å². The molecule has 0 unspecified atom stereocenters. The predicted octanol–water partition coefficient (Wildman–Crippen LogP) is 2.29. The molecule has 1 aliphatic heterocycles. The standard InChI is InChI=1S/C21H33N3O3S/c1-16-12-17(2)21(18(3)13-16)23-20(26)15-28(27)14-19(25)22-8-11-24-9-6-4-5-7-10-24/h12-13H,4-11,14-15H2,1-3H3,(H,22,25)(H,23,26)/t28-/m1/s1. The largest absolute Gasteiger partial charge is 0.354 e. The van der Waals surface area contributed by atoms with Gasteiger partial charge in [-0.3, -0.25) is 13.8 Å². The first kappa shape index (κ1) is 22.6. The quantitative estimate of drug-likeness (QED) is 0.693. The maximum absolute atomic E-state index is 12.2. The van der Waals surface area contributed by atoms with Crippen LogP contribution in [0.3, 0.4) is 0 Å². The third kappa shape index (κ3) is 7.72. The number of carbonyl (C=O) groups excluding carboxylic acids is 2. The number of benzene rings is 1. The molecule has 1 atom stereocenters. The minimum absolute atomic E-state index is 0.140. The first-order valence-corrected chi connectivity index (χ1v) is 11.6. The number of amides is 2. The molecule has 1 aromatic rings. The van der Waals surface area contributed by atoms with Crippen LogP contribution in [0.4, 0.5) is 5.69 Å². The molecule has 2 amide bonds. The van der Waals surface area contributed by atoms with Gasteiger partial charge in [-0.25, -0.2) is 0 Å². The highest BCUT2D eigenvalue weighted by Crippen LogP contribution is 2.21. The molecule has 0 bridgehead atoms. The molecule has 0 saturated carbocycles. The Kier molecular flexibility index (Phi) is 9.12. The van der Waals surface area contributed by atoms with Gasteiger partial charge in [-0.05, 0) is 57.8 Å². The summed E-state index contributed by atoms with van der Waals surface area (Å²) in [6, 6.07) is 3.99. The lowest BCUT2D eigenvalue weighted by Gasteiger charge is -2.19. The fraction of sp³-hybridized carbons (Fsp3) is 0.619. The number of hydrogen-bond acceptors (Lipinski definition) is 4. The monoisotopic (exact) mass is 407 g/mol. The van der Waals surface area contributed by atoms with E-state index in [0.717, 1.165) is 42.0 Å². The van der Waals surface area contributed by atoms with E-state index in [0.29, 0.717) is 6.54 Å². The maximum atomic E-state index is 12.2. The fourth-order valence-corrected chi connectivity index (χ4v) is 4.52. The van der Waals surface area contributed by atoms with Crippen LogP contribution in [0, 0.1) is 20.8 Å². The molecule has 156 valence electrons. The van der Waals surface area contributed by atoms with Gasteiger partial charge in [-0.1, -0.05) is 30.5 Å². The van der Waals surface area contributed by atoms with E-state index in [1.807, 2.05) is 32.9 Å². The van der Waals surface area contributed by atoms with E-state index < -0.39 is 10.8 Å². The Morgan fingerprint density at radius 2 is 1.54 bits per heavy atom. The number of anilines is 1. The van der Waals surface area contributed by atoms with Crippen molar-refractivity contribution in [1.82, 2.24) is 10.2 Å². The molecule has 1 aliphatic rings. The summed E-state index contributed by atoms with van der Waals surface area (Å²) >= 11 is 0. The van der Waals surface area contributed by atoms with Gasteiger partial charge in [-0.15, -0.1) is 0 Å². The van der Waals surface area contributed by atoms with Crippen molar-refractivity contribution in [3.05, 3.63) is 28.8 Å². The second-order valence-electron chi connectivity index (χ2n) is 7.66. The van der Waals surface area contributed by atoms with Gasteiger partial charge < -0.3 is 15.5 Å². The van der Waals surface area contributed by atoms with Crippen LogP contribution in [-0.4, -0.2) is 58.6 Å². The third-order valence-electron chi connectivity index (χ3n) is 4.97. The van der Waals surface area contributed by atoms with Crippen LogP contribution in [0.25, 0.3) is 0 Å². The summed E-state index contributed by atoms with van der Waals surface area (Å²) in [6.45, 7) is 9.43. The summed E-state index contributed by atoms with van der Waals surface area (Å²) in [4.78, 5) is 26.6. The Balaban J connectivity index is 1.70. The molecule has 1 saturated heterocycles. The van der Waals surface area contributed by atoms with Crippen molar-refractivity contribution < 1.29 is 13.8 Å². The van der Waals surface area contributed by atoms with Crippen LogP contribution in [0.15, 0.2) is 12.1 Å². The lowest BCUT2D eigenvalue weighted by Crippen LogP contribution is -2.37. The fourth-order valence-electron chi connectivity index (χ4n) is 3.66. The molecule has 0 aliphatic carbocycles. The van der Waals surface area contributed by atoms with E-state index >= 15 is 0 Å². The smallest absolute Gasteiger partial charge is 0.237 e. The first-order valence-electron chi connectivity index (χ1n) is 10.1. The molecule has 7 heteroatoms. The molecule has 1 heterocycles. The van der Waals surface area contributed by atoms with Crippen molar-refractivity contribution in [1.29, 1.82) is 0 Å². The minimum Gasteiger partial charge on any atom is -0.354 e. The van der Waals surface area contributed by atoms with Gasteiger partial charge in [0.15, 0.2) is 0 Å². The van der Waals surface area contributed by atoms with Crippen molar-refractivity contribution in [3.8, 4) is 0 Å². The Hall–Kier alpha value is -1.73. The molecule has 2 N–H and O–H groups in total. The molecule has 28 heavy (non-hydrogen) atoms. The highest BCUT2D eigenvalue weighted by atomic mass is 32.2. The summed E-state index contributed by atoms with van der Waals surface area (Å²) in [6.07, 6.45) is 5.00. The zero-order valence-corrected chi connectivity index (χ0v) is 18.1. The molecule has 0 radical (unpaired) electrons. The summed E-state index contributed by atoms with van der Waals surface area (Å²) in [5.41, 5.74) is 3.84. The summed E-state index contributed by atoms with van der Waals surface area (Å²) in [7, 11) is -1.52.